The maximum absolute atomic E-state index is 13.3. The van der Waals surface area contributed by atoms with E-state index in [1.54, 1.807) is 6.07 Å². The number of hydrogen-bond donors (Lipinski definition) is 2. The van der Waals surface area contributed by atoms with Crippen LogP contribution < -0.4 is 10.6 Å². The standard InChI is InChI=1S/C15H24FN3/c1-4-11(5-2)10-19(6-3)14-8-7-12(16)9-13(14)15(17)18/h7-9,11H,4-6,10H2,1-3H3,(H3,17,18). The van der Waals surface area contributed by atoms with Gasteiger partial charge in [-0.25, -0.2) is 4.39 Å². The second-order valence-corrected chi connectivity index (χ2v) is 4.80. The number of anilines is 1. The van der Waals surface area contributed by atoms with Gasteiger partial charge in [0.1, 0.15) is 11.7 Å². The van der Waals surface area contributed by atoms with Crippen molar-refractivity contribution >= 4 is 11.5 Å². The van der Waals surface area contributed by atoms with Crippen LogP contribution in [0.5, 0.6) is 0 Å². The fourth-order valence-electron chi connectivity index (χ4n) is 2.26. The molecule has 3 nitrogen and oxygen atoms in total. The van der Waals surface area contributed by atoms with E-state index in [2.05, 4.69) is 25.7 Å². The third kappa shape index (κ3) is 3.94. The maximum Gasteiger partial charge on any atom is 0.125 e. The minimum Gasteiger partial charge on any atom is -0.384 e. The first-order chi connectivity index (χ1) is 9.03. The Balaban J connectivity index is 3.07. The lowest BCUT2D eigenvalue weighted by Crippen LogP contribution is -2.31. The maximum atomic E-state index is 13.3. The highest BCUT2D eigenvalue weighted by Gasteiger charge is 2.15. The molecular formula is C15H24FN3. The Morgan fingerprint density at radius 3 is 2.42 bits per heavy atom. The van der Waals surface area contributed by atoms with Gasteiger partial charge < -0.3 is 10.6 Å². The molecule has 0 spiro atoms. The summed E-state index contributed by atoms with van der Waals surface area (Å²) in [7, 11) is 0. The number of benzene rings is 1. The second kappa shape index (κ2) is 7.12. The average Bonchev–Trinajstić information content (AvgIpc) is 2.40. The van der Waals surface area contributed by atoms with E-state index in [1.807, 2.05) is 0 Å². The fraction of sp³-hybridized carbons (Fsp3) is 0.533. The predicted octanol–water partition coefficient (Wildman–Crippen LogP) is 3.37. The molecule has 19 heavy (non-hydrogen) atoms. The molecule has 0 amide bonds. The summed E-state index contributed by atoms with van der Waals surface area (Å²) in [5.74, 6) is 0.162. The van der Waals surface area contributed by atoms with Crippen LogP contribution >= 0.6 is 0 Å². The van der Waals surface area contributed by atoms with Gasteiger partial charge >= 0.3 is 0 Å². The highest BCUT2D eigenvalue weighted by molar-refractivity contribution is 6.00. The van der Waals surface area contributed by atoms with Gasteiger partial charge in [-0.15, -0.1) is 0 Å². The van der Waals surface area contributed by atoms with Gasteiger partial charge in [0.05, 0.1) is 0 Å². The molecule has 0 fully saturated rings. The van der Waals surface area contributed by atoms with Crippen molar-refractivity contribution in [2.75, 3.05) is 18.0 Å². The lowest BCUT2D eigenvalue weighted by Gasteiger charge is -2.29. The van der Waals surface area contributed by atoms with Crippen LogP contribution in [0.3, 0.4) is 0 Å². The number of halogens is 1. The van der Waals surface area contributed by atoms with Gasteiger partial charge in [0.25, 0.3) is 0 Å². The van der Waals surface area contributed by atoms with E-state index in [1.165, 1.54) is 12.1 Å². The van der Waals surface area contributed by atoms with E-state index in [9.17, 15) is 4.39 Å². The van der Waals surface area contributed by atoms with Crippen LogP contribution in [0.25, 0.3) is 0 Å². The zero-order valence-corrected chi connectivity index (χ0v) is 12.0. The topological polar surface area (TPSA) is 53.1 Å². The normalized spacial score (nSPS) is 10.8. The van der Waals surface area contributed by atoms with Crippen molar-refractivity contribution in [1.82, 2.24) is 0 Å². The van der Waals surface area contributed by atoms with Crippen LogP contribution in [-0.4, -0.2) is 18.9 Å². The molecule has 0 radical (unpaired) electrons. The predicted molar refractivity (Wildman–Crippen MR) is 79.4 cm³/mol. The van der Waals surface area contributed by atoms with Gasteiger partial charge in [0.2, 0.25) is 0 Å². The molecule has 0 bridgehead atoms. The summed E-state index contributed by atoms with van der Waals surface area (Å²) >= 11 is 0. The van der Waals surface area contributed by atoms with Crippen molar-refractivity contribution in [2.24, 2.45) is 11.7 Å². The fourth-order valence-corrected chi connectivity index (χ4v) is 2.26. The van der Waals surface area contributed by atoms with E-state index in [4.69, 9.17) is 11.1 Å². The molecule has 1 rings (SSSR count). The molecule has 0 aromatic heterocycles. The summed E-state index contributed by atoms with van der Waals surface area (Å²) in [5.41, 5.74) is 6.89. The van der Waals surface area contributed by atoms with Gasteiger partial charge in [0, 0.05) is 24.3 Å². The third-order valence-corrected chi connectivity index (χ3v) is 3.60. The highest BCUT2D eigenvalue weighted by Crippen LogP contribution is 2.23. The minimum absolute atomic E-state index is 0.0857. The molecule has 0 unspecified atom stereocenters. The zero-order valence-electron chi connectivity index (χ0n) is 12.0. The quantitative estimate of drug-likeness (QED) is 0.586. The van der Waals surface area contributed by atoms with E-state index in [-0.39, 0.29) is 11.7 Å². The molecule has 0 aliphatic carbocycles. The molecule has 106 valence electrons. The molecule has 0 atom stereocenters. The summed E-state index contributed by atoms with van der Waals surface area (Å²) in [6.45, 7) is 8.16. The van der Waals surface area contributed by atoms with E-state index in [0.717, 1.165) is 31.6 Å². The molecular weight excluding hydrogens is 241 g/mol. The lowest BCUT2D eigenvalue weighted by atomic mass is 10.0. The average molecular weight is 265 g/mol. The molecule has 0 saturated carbocycles. The van der Waals surface area contributed by atoms with Crippen molar-refractivity contribution in [3.05, 3.63) is 29.6 Å². The number of nitrogens with two attached hydrogens (primary N) is 1. The van der Waals surface area contributed by atoms with Crippen LogP contribution in [0.4, 0.5) is 10.1 Å². The Kier molecular flexibility index (Phi) is 5.80. The van der Waals surface area contributed by atoms with Crippen LogP contribution in [0.1, 0.15) is 39.2 Å². The van der Waals surface area contributed by atoms with Crippen molar-refractivity contribution in [1.29, 1.82) is 5.41 Å². The van der Waals surface area contributed by atoms with Crippen molar-refractivity contribution < 1.29 is 4.39 Å². The molecule has 0 heterocycles. The Bertz CT molecular complexity index is 427. The van der Waals surface area contributed by atoms with Gasteiger partial charge in [-0.2, -0.15) is 0 Å². The van der Waals surface area contributed by atoms with E-state index in [0.29, 0.717) is 11.5 Å². The molecule has 3 N–H and O–H groups in total. The summed E-state index contributed by atoms with van der Waals surface area (Å²) in [6, 6.07) is 4.49. The number of nitrogen functional groups attached to an aromatic ring is 1. The van der Waals surface area contributed by atoms with Crippen LogP contribution in [-0.2, 0) is 0 Å². The first-order valence-corrected chi connectivity index (χ1v) is 6.92. The Morgan fingerprint density at radius 2 is 1.95 bits per heavy atom. The number of nitrogens with one attached hydrogen (secondary N) is 1. The second-order valence-electron chi connectivity index (χ2n) is 4.80. The number of nitrogens with zero attached hydrogens (tertiary/aromatic N) is 1. The first kappa shape index (κ1) is 15.5. The molecule has 0 aliphatic rings. The SMILES string of the molecule is CCC(CC)CN(CC)c1ccc(F)cc1C(=N)N. The van der Waals surface area contributed by atoms with Crippen molar-refractivity contribution in [2.45, 2.75) is 33.6 Å². The third-order valence-electron chi connectivity index (χ3n) is 3.60. The molecule has 0 saturated heterocycles. The van der Waals surface area contributed by atoms with E-state index < -0.39 is 0 Å². The van der Waals surface area contributed by atoms with Gasteiger partial charge in [-0.3, -0.25) is 5.41 Å². The van der Waals surface area contributed by atoms with Crippen LogP contribution in [0.2, 0.25) is 0 Å². The Hall–Kier alpha value is -1.58. The van der Waals surface area contributed by atoms with Gasteiger partial charge in [0.15, 0.2) is 0 Å². The minimum atomic E-state index is -0.354. The highest BCUT2D eigenvalue weighted by atomic mass is 19.1. The van der Waals surface area contributed by atoms with E-state index >= 15 is 0 Å². The zero-order chi connectivity index (χ0) is 14.4. The molecule has 1 aromatic rings. The van der Waals surface area contributed by atoms with Gasteiger partial charge in [-0.1, -0.05) is 26.7 Å². The monoisotopic (exact) mass is 265 g/mol. The summed E-state index contributed by atoms with van der Waals surface area (Å²) < 4.78 is 13.3. The Labute approximate surface area is 115 Å². The summed E-state index contributed by atoms with van der Waals surface area (Å²) in [4.78, 5) is 2.17. The smallest absolute Gasteiger partial charge is 0.125 e. The molecule has 0 aliphatic heterocycles. The Morgan fingerprint density at radius 1 is 1.32 bits per heavy atom. The molecule has 1 aromatic carbocycles. The molecule has 4 heteroatoms. The largest absolute Gasteiger partial charge is 0.384 e. The number of amidine groups is 1. The van der Waals surface area contributed by atoms with Crippen LogP contribution in [0.15, 0.2) is 18.2 Å². The first-order valence-electron chi connectivity index (χ1n) is 6.92. The van der Waals surface area contributed by atoms with Crippen LogP contribution in [0, 0.1) is 17.1 Å². The van der Waals surface area contributed by atoms with Gasteiger partial charge in [-0.05, 0) is 31.0 Å². The lowest BCUT2D eigenvalue weighted by molar-refractivity contribution is 0.486. The number of hydrogen-bond acceptors (Lipinski definition) is 2. The summed E-state index contributed by atoms with van der Waals surface area (Å²) in [5, 5.41) is 7.60. The number of rotatable bonds is 7. The van der Waals surface area contributed by atoms with Crippen molar-refractivity contribution in [3.63, 3.8) is 0 Å². The summed E-state index contributed by atoms with van der Waals surface area (Å²) in [6.07, 6.45) is 2.23. The van der Waals surface area contributed by atoms with Crippen molar-refractivity contribution in [3.8, 4) is 0 Å².